The van der Waals surface area contributed by atoms with Crippen molar-refractivity contribution in [1.82, 2.24) is 0 Å². The van der Waals surface area contributed by atoms with Crippen molar-refractivity contribution in [2.24, 2.45) is 0 Å². The maximum Gasteiger partial charge on any atom is 0.160 e. The summed E-state index contributed by atoms with van der Waals surface area (Å²) in [6, 6.07) is 30.7. The van der Waals surface area contributed by atoms with Crippen LogP contribution >= 0.6 is 0 Å². The van der Waals surface area contributed by atoms with Gasteiger partial charge in [-0.3, -0.25) is 4.79 Å². The Hall–Kier alpha value is -3.39. The fourth-order valence-electron chi connectivity index (χ4n) is 3.49. The summed E-state index contributed by atoms with van der Waals surface area (Å²) in [6.45, 7) is 0. The van der Waals surface area contributed by atoms with Crippen molar-refractivity contribution in [3.63, 3.8) is 0 Å². The van der Waals surface area contributed by atoms with Crippen molar-refractivity contribution in [2.45, 2.75) is 12.5 Å². The number of carbonyl (C=O) groups excluding carboxylic acids is 1. The van der Waals surface area contributed by atoms with Crippen LogP contribution in [-0.2, 0) is 4.79 Å². The molecule has 3 aromatic carbocycles. The lowest BCUT2D eigenvalue weighted by atomic mass is 9.94. The van der Waals surface area contributed by atoms with Gasteiger partial charge in [0.1, 0.15) is 0 Å². The molecule has 4 rings (SSSR count). The first-order chi connectivity index (χ1) is 13.3. The third kappa shape index (κ3) is 3.90. The van der Waals surface area contributed by atoms with E-state index in [1.165, 1.54) is 0 Å². The molecule has 0 aromatic heterocycles. The van der Waals surface area contributed by atoms with E-state index in [2.05, 4.69) is 47.4 Å². The van der Waals surface area contributed by atoms with E-state index >= 15 is 0 Å². The van der Waals surface area contributed by atoms with E-state index in [0.29, 0.717) is 6.42 Å². The first-order valence-electron chi connectivity index (χ1n) is 9.18. The minimum absolute atomic E-state index is 0.0125. The molecular weight excluding hydrogens is 330 g/mol. The lowest BCUT2D eigenvalue weighted by molar-refractivity contribution is -0.115. The molecule has 2 nitrogen and oxygen atoms in total. The molecule has 1 atom stereocenters. The number of hydrogen-bond acceptors (Lipinski definition) is 2. The van der Waals surface area contributed by atoms with Gasteiger partial charge in [0.25, 0.3) is 0 Å². The largest absolute Gasteiger partial charge is 0.333 e. The predicted octanol–water partition coefficient (Wildman–Crippen LogP) is 5.80. The molecule has 0 aliphatic carbocycles. The Morgan fingerprint density at radius 3 is 2.00 bits per heavy atom. The Balaban J connectivity index is 1.77. The molecule has 0 bridgehead atoms. The molecule has 27 heavy (non-hydrogen) atoms. The van der Waals surface area contributed by atoms with E-state index in [1.54, 1.807) is 6.08 Å². The summed E-state index contributed by atoms with van der Waals surface area (Å²) in [5, 5.41) is 0. The molecule has 2 heteroatoms. The molecule has 3 aromatic rings. The Bertz CT molecular complexity index is 959. The average molecular weight is 351 g/mol. The van der Waals surface area contributed by atoms with Crippen LogP contribution in [0.15, 0.2) is 109 Å². The number of ketones is 1. The zero-order chi connectivity index (χ0) is 18.5. The average Bonchev–Trinajstić information content (AvgIpc) is 2.74. The van der Waals surface area contributed by atoms with Gasteiger partial charge in [-0.25, -0.2) is 0 Å². The van der Waals surface area contributed by atoms with Crippen LogP contribution in [0.5, 0.6) is 0 Å². The number of para-hydroxylation sites is 1. The Labute approximate surface area is 160 Å². The topological polar surface area (TPSA) is 20.3 Å². The third-order valence-electron chi connectivity index (χ3n) is 4.76. The highest BCUT2D eigenvalue weighted by atomic mass is 16.1. The molecule has 1 aliphatic heterocycles. The van der Waals surface area contributed by atoms with Crippen LogP contribution in [0.4, 0.5) is 5.69 Å². The number of nitrogens with zero attached hydrogens (tertiary/aromatic N) is 1. The van der Waals surface area contributed by atoms with Gasteiger partial charge < -0.3 is 4.90 Å². The molecular formula is C25H21NO. The standard InChI is InChI=1S/C25H21NO/c27-24-18-23(17-16-20-10-4-1-5-11-20)26(22-14-8-3-9-15-22)25(19-24)21-12-6-2-7-13-21/h1-18,25H,19H2/b17-16+. The molecule has 1 heterocycles. The number of anilines is 1. The highest BCUT2D eigenvalue weighted by molar-refractivity contribution is 5.94. The van der Waals surface area contributed by atoms with Crippen LogP contribution in [0.1, 0.15) is 23.6 Å². The molecule has 0 saturated heterocycles. The number of allylic oxidation sites excluding steroid dienone is 2. The molecule has 0 saturated carbocycles. The van der Waals surface area contributed by atoms with Crippen LogP contribution in [0, 0.1) is 0 Å². The van der Waals surface area contributed by atoms with Crippen LogP contribution in [0.3, 0.4) is 0 Å². The van der Waals surface area contributed by atoms with Crippen LogP contribution < -0.4 is 4.90 Å². The first-order valence-corrected chi connectivity index (χ1v) is 9.18. The summed E-state index contributed by atoms with van der Waals surface area (Å²) in [4.78, 5) is 14.8. The van der Waals surface area contributed by atoms with Crippen molar-refractivity contribution in [1.29, 1.82) is 0 Å². The third-order valence-corrected chi connectivity index (χ3v) is 4.76. The zero-order valence-corrected chi connectivity index (χ0v) is 15.0. The quantitative estimate of drug-likeness (QED) is 0.592. The molecule has 0 fully saturated rings. The number of rotatable bonds is 4. The first kappa shape index (κ1) is 17.0. The summed E-state index contributed by atoms with van der Waals surface area (Å²) in [5.74, 6) is 0.156. The van der Waals surface area contributed by atoms with E-state index in [-0.39, 0.29) is 11.8 Å². The van der Waals surface area contributed by atoms with E-state index < -0.39 is 0 Å². The lowest BCUT2D eigenvalue weighted by Crippen LogP contribution is -2.33. The van der Waals surface area contributed by atoms with E-state index in [0.717, 1.165) is 22.5 Å². The zero-order valence-electron chi connectivity index (χ0n) is 15.0. The maximum atomic E-state index is 12.5. The summed E-state index contributed by atoms with van der Waals surface area (Å²) in [6.07, 6.45) is 6.32. The van der Waals surface area contributed by atoms with Gasteiger partial charge in [-0.2, -0.15) is 0 Å². The fourth-order valence-corrected chi connectivity index (χ4v) is 3.49. The van der Waals surface area contributed by atoms with Crippen LogP contribution in [0.2, 0.25) is 0 Å². The van der Waals surface area contributed by atoms with Crippen molar-refractivity contribution < 1.29 is 4.79 Å². The summed E-state index contributed by atoms with van der Waals surface area (Å²) < 4.78 is 0. The Morgan fingerprint density at radius 2 is 1.33 bits per heavy atom. The number of carbonyl (C=O) groups is 1. The summed E-state index contributed by atoms with van der Waals surface area (Å²) in [7, 11) is 0. The van der Waals surface area contributed by atoms with Gasteiger partial charge in [-0.05, 0) is 29.3 Å². The van der Waals surface area contributed by atoms with Gasteiger partial charge in [-0.1, -0.05) is 84.9 Å². The molecule has 1 unspecified atom stereocenters. The number of hydrogen-bond donors (Lipinski definition) is 0. The fraction of sp³-hybridized carbons (Fsp3) is 0.0800. The maximum absolute atomic E-state index is 12.5. The van der Waals surface area contributed by atoms with Crippen molar-refractivity contribution >= 4 is 17.5 Å². The second kappa shape index (κ2) is 7.88. The minimum Gasteiger partial charge on any atom is -0.333 e. The van der Waals surface area contributed by atoms with Gasteiger partial charge in [-0.15, -0.1) is 0 Å². The van der Waals surface area contributed by atoms with Crippen molar-refractivity contribution in [3.8, 4) is 0 Å². The number of benzene rings is 3. The normalized spacial score (nSPS) is 17.2. The molecule has 132 valence electrons. The van der Waals surface area contributed by atoms with Gasteiger partial charge in [0.05, 0.1) is 6.04 Å². The molecule has 0 spiro atoms. The second-order valence-corrected chi connectivity index (χ2v) is 6.62. The Kier molecular flexibility index (Phi) is 4.97. The van der Waals surface area contributed by atoms with Crippen LogP contribution in [0.25, 0.3) is 6.08 Å². The molecule has 1 aliphatic rings. The van der Waals surface area contributed by atoms with E-state index in [4.69, 9.17) is 0 Å². The van der Waals surface area contributed by atoms with E-state index in [1.807, 2.05) is 60.7 Å². The smallest absolute Gasteiger partial charge is 0.160 e. The molecule has 0 radical (unpaired) electrons. The summed E-state index contributed by atoms with van der Waals surface area (Å²) >= 11 is 0. The van der Waals surface area contributed by atoms with Crippen LogP contribution in [-0.4, -0.2) is 5.78 Å². The monoisotopic (exact) mass is 351 g/mol. The minimum atomic E-state index is -0.0125. The van der Waals surface area contributed by atoms with Gasteiger partial charge in [0, 0.05) is 23.9 Å². The second-order valence-electron chi connectivity index (χ2n) is 6.62. The molecule has 0 N–H and O–H groups in total. The van der Waals surface area contributed by atoms with Gasteiger partial charge in [0.2, 0.25) is 0 Å². The van der Waals surface area contributed by atoms with Crippen molar-refractivity contribution in [3.05, 3.63) is 120 Å². The lowest BCUT2D eigenvalue weighted by Gasteiger charge is -2.37. The van der Waals surface area contributed by atoms with Gasteiger partial charge >= 0.3 is 0 Å². The van der Waals surface area contributed by atoms with Gasteiger partial charge in [0.15, 0.2) is 5.78 Å². The highest BCUT2D eigenvalue weighted by Crippen LogP contribution is 2.37. The SMILES string of the molecule is O=C1C=C(/C=C/c2ccccc2)N(c2ccccc2)C(c2ccccc2)C1. The predicted molar refractivity (Wildman–Crippen MR) is 111 cm³/mol. The van der Waals surface area contributed by atoms with E-state index in [9.17, 15) is 4.79 Å². The van der Waals surface area contributed by atoms with Crippen molar-refractivity contribution in [2.75, 3.05) is 4.90 Å². The highest BCUT2D eigenvalue weighted by Gasteiger charge is 2.29. The Morgan fingerprint density at radius 1 is 0.741 bits per heavy atom. The molecule has 0 amide bonds. The summed E-state index contributed by atoms with van der Waals surface area (Å²) in [5.41, 5.74) is 4.26.